The second-order valence-electron chi connectivity index (χ2n) is 8.54. The van der Waals surface area contributed by atoms with Crippen LogP contribution in [-0.2, 0) is 0 Å². The van der Waals surface area contributed by atoms with Crippen molar-refractivity contribution in [3.8, 4) is 22.6 Å². The van der Waals surface area contributed by atoms with Crippen LogP contribution in [0.25, 0.3) is 22.0 Å². The number of rotatable bonds is 6. The van der Waals surface area contributed by atoms with Gasteiger partial charge >= 0.3 is 0 Å². The van der Waals surface area contributed by atoms with Crippen LogP contribution in [-0.4, -0.2) is 48.8 Å². The van der Waals surface area contributed by atoms with Crippen molar-refractivity contribution in [2.24, 2.45) is 5.92 Å². The van der Waals surface area contributed by atoms with E-state index in [9.17, 15) is 5.11 Å². The third kappa shape index (κ3) is 4.73. The number of methoxy groups -OCH3 is 1. The molecule has 1 saturated carbocycles. The van der Waals surface area contributed by atoms with Crippen molar-refractivity contribution in [1.82, 2.24) is 9.88 Å². The number of ether oxygens (including phenoxy) is 1. The summed E-state index contributed by atoms with van der Waals surface area (Å²) in [5, 5.41) is 14.9. The Morgan fingerprint density at radius 2 is 1.94 bits per heavy atom. The van der Waals surface area contributed by atoms with Crippen molar-refractivity contribution in [3.63, 3.8) is 0 Å². The Morgan fingerprint density at radius 1 is 1.16 bits per heavy atom. The third-order valence-corrected chi connectivity index (χ3v) is 6.66. The first kappa shape index (κ1) is 21.7. The van der Waals surface area contributed by atoms with Gasteiger partial charge in [-0.05, 0) is 81.1 Å². The molecule has 0 atom stereocenters. The molecular weight excluding hydrogens is 410 g/mol. The van der Waals surface area contributed by atoms with E-state index in [-0.39, 0.29) is 10.8 Å². The van der Waals surface area contributed by atoms with Crippen molar-refractivity contribution in [2.45, 2.75) is 31.7 Å². The Hall–Kier alpha value is -2.50. The summed E-state index contributed by atoms with van der Waals surface area (Å²) in [7, 11) is 5.87. The minimum atomic E-state index is -0.0463. The summed E-state index contributed by atoms with van der Waals surface area (Å²) in [5.41, 5.74) is 3.73. The van der Waals surface area contributed by atoms with E-state index >= 15 is 0 Å². The quantitative estimate of drug-likeness (QED) is 0.524. The van der Waals surface area contributed by atoms with Gasteiger partial charge in [0, 0.05) is 30.2 Å². The van der Waals surface area contributed by atoms with Gasteiger partial charge in [0.2, 0.25) is 0 Å². The van der Waals surface area contributed by atoms with E-state index in [4.69, 9.17) is 16.3 Å². The van der Waals surface area contributed by atoms with Crippen LogP contribution in [0.1, 0.15) is 25.7 Å². The number of aromatic nitrogens is 1. The highest BCUT2D eigenvalue weighted by Crippen LogP contribution is 2.39. The zero-order chi connectivity index (χ0) is 22.0. The number of hydrogen-bond acceptors (Lipinski definition) is 5. The predicted molar refractivity (Wildman–Crippen MR) is 127 cm³/mol. The Balaban J connectivity index is 1.56. The van der Waals surface area contributed by atoms with E-state index in [0.717, 1.165) is 34.3 Å². The first-order chi connectivity index (χ1) is 15.0. The summed E-state index contributed by atoms with van der Waals surface area (Å²) < 4.78 is 5.26. The number of fused-ring (bicyclic) bond motifs is 1. The number of aromatic hydroxyl groups is 1. The van der Waals surface area contributed by atoms with Crippen molar-refractivity contribution in [2.75, 3.05) is 33.1 Å². The number of hydrogen-bond donors (Lipinski definition) is 2. The van der Waals surface area contributed by atoms with Gasteiger partial charge in [-0.3, -0.25) is 4.98 Å². The summed E-state index contributed by atoms with van der Waals surface area (Å²) in [6.07, 6.45) is 6.74. The summed E-state index contributed by atoms with van der Waals surface area (Å²) in [4.78, 5) is 6.82. The number of benzene rings is 2. The zero-order valence-corrected chi connectivity index (χ0v) is 19.0. The molecule has 0 bridgehead atoms. The lowest BCUT2D eigenvalue weighted by Crippen LogP contribution is -2.33. The third-order valence-electron chi connectivity index (χ3n) is 6.37. The lowest BCUT2D eigenvalue weighted by molar-refractivity contribution is 0.198. The first-order valence-corrected chi connectivity index (χ1v) is 11.1. The molecule has 3 aromatic rings. The number of phenolic OH excluding ortho intramolecular Hbond substituents is 1. The van der Waals surface area contributed by atoms with E-state index in [1.807, 2.05) is 12.1 Å². The molecule has 163 valence electrons. The molecule has 1 aromatic heterocycles. The molecule has 0 amide bonds. The van der Waals surface area contributed by atoms with Gasteiger partial charge in [-0.2, -0.15) is 0 Å². The molecule has 0 aliphatic heterocycles. The van der Waals surface area contributed by atoms with Crippen molar-refractivity contribution >= 4 is 28.2 Å². The fraction of sp³-hybridized carbons (Fsp3) is 0.400. The molecular formula is C25H29ClN3O2. The first-order valence-electron chi connectivity index (χ1n) is 10.7. The van der Waals surface area contributed by atoms with Crippen molar-refractivity contribution in [3.05, 3.63) is 47.6 Å². The molecule has 1 aliphatic carbocycles. The van der Waals surface area contributed by atoms with Crippen LogP contribution in [0.3, 0.4) is 0 Å². The van der Waals surface area contributed by atoms with Gasteiger partial charge in [-0.1, -0.05) is 17.7 Å². The standard InChI is InChI=1S/C25H29ClN3O2/c1-29(2)19-7-4-16(5-8-19)15-28-23-10-11-27-22-9-6-17(12-20(22)23)18-13-21(26)25(30)24(14-18)31-3/h6,9,11-14,16,19,30H,4-5,7-8,15H2,1-3H3,(H,27,28). The number of nitrogens with one attached hydrogen (secondary N) is 1. The molecule has 4 rings (SSSR count). The second kappa shape index (κ2) is 9.33. The maximum Gasteiger partial charge on any atom is 0.176 e. The van der Waals surface area contributed by atoms with E-state index in [1.165, 1.54) is 32.8 Å². The molecule has 0 saturated heterocycles. The molecule has 1 radical (unpaired) electrons. The van der Waals surface area contributed by atoms with Crippen LogP contribution in [0.2, 0.25) is 5.02 Å². The molecule has 2 N–H and O–H groups in total. The van der Waals surface area contributed by atoms with Gasteiger partial charge in [-0.25, -0.2) is 0 Å². The molecule has 6 heteroatoms. The predicted octanol–water partition coefficient (Wildman–Crippen LogP) is 5.60. The summed E-state index contributed by atoms with van der Waals surface area (Å²) in [6.45, 7) is 0.943. The van der Waals surface area contributed by atoms with Gasteiger partial charge in [0.05, 0.1) is 23.3 Å². The molecule has 1 aliphatic rings. The van der Waals surface area contributed by atoms with Crippen LogP contribution in [0.15, 0.2) is 36.5 Å². The smallest absolute Gasteiger partial charge is 0.176 e. The molecule has 0 spiro atoms. The lowest BCUT2D eigenvalue weighted by Gasteiger charge is -2.32. The molecule has 0 unspecified atom stereocenters. The summed E-state index contributed by atoms with van der Waals surface area (Å²) in [6, 6.07) is 13.6. The Kier molecular flexibility index (Phi) is 6.54. The maximum absolute atomic E-state index is 10.0. The van der Waals surface area contributed by atoms with Crippen molar-refractivity contribution in [1.29, 1.82) is 0 Å². The van der Waals surface area contributed by atoms with Gasteiger partial charge in [0.15, 0.2) is 11.5 Å². The van der Waals surface area contributed by atoms with Gasteiger partial charge < -0.3 is 20.1 Å². The van der Waals surface area contributed by atoms with Crippen LogP contribution in [0.5, 0.6) is 11.5 Å². The number of pyridine rings is 1. The fourth-order valence-corrected chi connectivity index (χ4v) is 4.64. The van der Waals surface area contributed by atoms with E-state index in [2.05, 4.69) is 41.4 Å². The number of phenols is 1. The van der Waals surface area contributed by atoms with Crippen LogP contribution in [0, 0.1) is 12.0 Å². The molecule has 31 heavy (non-hydrogen) atoms. The maximum atomic E-state index is 10.0. The zero-order valence-electron chi connectivity index (χ0n) is 18.3. The SMILES string of the molecule is COc1cc(-c2ccc3nc[c]c(NCC4CCC(N(C)C)CC4)c3c2)cc(Cl)c1O. The van der Waals surface area contributed by atoms with E-state index < -0.39 is 0 Å². The van der Waals surface area contributed by atoms with Crippen LogP contribution < -0.4 is 10.1 Å². The fourth-order valence-electron chi connectivity index (χ4n) is 4.43. The second-order valence-corrected chi connectivity index (χ2v) is 8.94. The Bertz CT molecular complexity index is 1060. The van der Waals surface area contributed by atoms with Gasteiger partial charge in [0.25, 0.3) is 0 Å². The van der Waals surface area contributed by atoms with Crippen LogP contribution in [0.4, 0.5) is 5.69 Å². The molecule has 5 nitrogen and oxygen atoms in total. The molecule has 1 heterocycles. The molecule has 1 fully saturated rings. The largest absolute Gasteiger partial charge is 0.503 e. The monoisotopic (exact) mass is 438 g/mol. The highest BCUT2D eigenvalue weighted by atomic mass is 35.5. The number of anilines is 1. The minimum absolute atomic E-state index is 0.0463. The van der Waals surface area contributed by atoms with Crippen LogP contribution >= 0.6 is 11.6 Å². The highest BCUT2D eigenvalue weighted by molar-refractivity contribution is 6.32. The average molecular weight is 439 g/mol. The van der Waals surface area contributed by atoms with Gasteiger partial charge in [-0.15, -0.1) is 0 Å². The van der Waals surface area contributed by atoms with Crippen molar-refractivity contribution < 1.29 is 9.84 Å². The topological polar surface area (TPSA) is 57.6 Å². The van der Waals surface area contributed by atoms with E-state index in [0.29, 0.717) is 17.7 Å². The Labute approximate surface area is 189 Å². The van der Waals surface area contributed by atoms with E-state index in [1.54, 1.807) is 18.3 Å². The minimum Gasteiger partial charge on any atom is -0.503 e. The lowest BCUT2D eigenvalue weighted by atomic mass is 9.85. The average Bonchev–Trinajstić information content (AvgIpc) is 2.79. The Morgan fingerprint density at radius 3 is 2.65 bits per heavy atom. The van der Waals surface area contributed by atoms with Gasteiger partial charge in [0.1, 0.15) is 0 Å². The number of halogens is 1. The molecule has 2 aromatic carbocycles. The summed E-state index contributed by atoms with van der Waals surface area (Å²) in [5.74, 6) is 0.984. The number of nitrogens with zero attached hydrogens (tertiary/aromatic N) is 2. The highest BCUT2D eigenvalue weighted by Gasteiger charge is 2.22. The summed E-state index contributed by atoms with van der Waals surface area (Å²) >= 11 is 6.20. The normalized spacial score (nSPS) is 19.0.